The Morgan fingerprint density at radius 2 is 2.19 bits per heavy atom. The van der Waals surface area contributed by atoms with Crippen LogP contribution in [-0.4, -0.2) is 11.4 Å². The van der Waals surface area contributed by atoms with E-state index in [1.165, 1.54) is 6.42 Å². The van der Waals surface area contributed by atoms with Crippen molar-refractivity contribution < 1.29 is 4.79 Å². The van der Waals surface area contributed by atoms with Gasteiger partial charge in [0, 0.05) is 10.4 Å². The van der Waals surface area contributed by atoms with Crippen LogP contribution in [0.1, 0.15) is 36.5 Å². The number of carbonyl (C=O) groups is 1. The van der Waals surface area contributed by atoms with Gasteiger partial charge in [-0.05, 0) is 44.4 Å². The third kappa shape index (κ3) is 2.36. The number of hydrogen-bond donors (Lipinski definition) is 2. The molecule has 0 heterocycles. The molecule has 1 aromatic rings. The minimum absolute atomic E-state index is 0.0486. The molecular formula is C12H14ClNOS. The molecule has 0 aliphatic heterocycles. The molecule has 1 amide bonds. The summed E-state index contributed by atoms with van der Waals surface area (Å²) in [6.07, 6.45) is 3.25. The number of benzene rings is 1. The van der Waals surface area contributed by atoms with E-state index in [1.54, 1.807) is 18.2 Å². The zero-order valence-corrected chi connectivity index (χ0v) is 10.7. The summed E-state index contributed by atoms with van der Waals surface area (Å²) in [4.78, 5) is 12.7. The average Bonchev–Trinajstić information content (AvgIpc) is 2.19. The van der Waals surface area contributed by atoms with Gasteiger partial charge in [-0.3, -0.25) is 4.79 Å². The molecule has 0 unspecified atom stereocenters. The highest BCUT2D eigenvalue weighted by molar-refractivity contribution is 7.80. The van der Waals surface area contributed by atoms with Crippen LogP contribution in [-0.2, 0) is 0 Å². The zero-order valence-electron chi connectivity index (χ0n) is 9.09. The molecule has 0 saturated heterocycles. The number of amides is 1. The van der Waals surface area contributed by atoms with Crippen molar-refractivity contribution in [1.29, 1.82) is 0 Å². The van der Waals surface area contributed by atoms with E-state index >= 15 is 0 Å². The molecular weight excluding hydrogens is 242 g/mol. The quantitative estimate of drug-likeness (QED) is 0.780. The number of hydrogen-bond acceptors (Lipinski definition) is 2. The molecule has 4 heteroatoms. The van der Waals surface area contributed by atoms with Gasteiger partial charge < -0.3 is 5.32 Å². The Kier molecular flexibility index (Phi) is 3.17. The van der Waals surface area contributed by atoms with Gasteiger partial charge in [-0.1, -0.05) is 11.6 Å². The highest BCUT2D eigenvalue weighted by Crippen LogP contribution is 2.31. The van der Waals surface area contributed by atoms with Crippen LogP contribution in [0.4, 0.5) is 0 Å². The van der Waals surface area contributed by atoms with E-state index < -0.39 is 0 Å². The van der Waals surface area contributed by atoms with Crippen molar-refractivity contribution in [2.75, 3.05) is 0 Å². The second-order valence-corrected chi connectivity index (χ2v) is 5.46. The van der Waals surface area contributed by atoms with E-state index in [2.05, 4.69) is 24.9 Å². The number of rotatable bonds is 2. The highest BCUT2D eigenvalue weighted by Gasteiger charge is 2.33. The minimum Gasteiger partial charge on any atom is -0.347 e. The van der Waals surface area contributed by atoms with Crippen LogP contribution in [0.2, 0.25) is 5.02 Å². The van der Waals surface area contributed by atoms with E-state index in [0.29, 0.717) is 10.6 Å². The van der Waals surface area contributed by atoms with E-state index in [-0.39, 0.29) is 11.4 Å². The van der Waals surface area contributed by atoms with E-state index in [9.17, 15) is 4.79 Å². The first-order valence-electron chi connectivity index (χ1n) is 5.31. The third-order valence-electron chi connectivity index (χ3n) is 3.07. The SMILES string of the molecule is CC1(NC(=O)c2cc(S)ccc2Cl)CCC1. The van der Waals surface area contributed by atoms with Crippen molar-refractivity contribution in [2.45, 2.75) is 36.6 Å². The third-order valence-corrected chi connectivity index (χ3v) is 3.67. The molecule has 2 nitrogen and oxygen atoms in total. The fraction of sp³-hybridized carbons (Fsp3) is 0.417. The second-order valence-electron chi connectivity index (χ2n) is 4.53. The number of nitrogens with one attached hydrogen (secondary N) is 1. The Morgan fingerprint density at radius 1 is 1.50 bits per heavy atom. The lowest BCUT2D eigenvalue weighted by Gasteiger charge is -2.39. The predicted octanol–water partition coefficient (Wildman–Crippen LogP) is 3.30. The van der Waals surface area contributed by atoms with Crippen LogP contribution in [0, 0.1) is 0 Å². The monoisotopic (exact) mass is 255 g/mol. The van der Waals surface area contributed by atoms with Crippen LogP contribution in [0.5, 0.6) is 0 Å². The topological polar surface area (TPSA) is 29.1 Å². The Morgan fingerprint density at radius 3 is 2.75 bits per heavy atom. The lowest BCUT2D eigenvalue weighted by molar-refractivity contribution is 0.0850. The summed E-state index contributed by atoms with van der Waals surface area (Å²) in [5.74, 6) is -0.108. The maximum absolute atomic E-state index is 12.0. The Hall–Kier alpha value is -0.670. The number of thiol groups is 1. The Bertz CT molecular complexity index is 429. The molecule has 1 aliphatic rings. The number of halogens is 1. The zero-order chi connectivity index (χ0) is 11.8. The van der Waals surface area contributed by atoms with Crippen molar-refractivity contribution in [1.82, 2.24) is 5.32 Å². The van der Waals surface area contributed by atoms with Gasteiger partial charge in [0.25, 0.3) is 5.91 Å². The van der Waals surface area contributed by atoms with Gasteiger partial charge in [0.2, 0.25) is 0 Å². The normalized spacial score (nSPS) is 17.7. The smallest absolute Gasteiger partial charge is 0.253 e. The van der Waals surface area contributed by atoms with E-state index in [4.69, 9.17) is 11.6 Å². The molecule has 2 rings (SSSR count). The lowest BCUT2D eigenvalue weighted by Crippen LogP contribution is -2.50. The molecule has 0 bridgehead atoms. The van der Waals surface area contributed by atoms with Gasteiger partial charge in [0.1, 0.15) is 0 Å². The van der Waals surface area contributed by atoms with Gasteiger partial charge in [0.05, 0.1) is 10.6 Å². The Balaban J connectivity index is 2.17. The Labute approximate surface area is 106 Å². The molecule has 86 valence electrons. The maximum Gasteiger partial charge on any atom is 0.253 e. The highest BCUT2D eigenvalue weighted by atomic mass is 35.5. The summed E-state index contributed by atoms with van der Waals surface area (Å²) in [6.45, 7) is 2.06. The fourth-order valence-corrected chi connectivity index (χ4v) is 2.27. The van der Waals surface area contributed by atoms with Crippen LogP contribution in [0.3, 0.4) is 0 Å². The van der Waals surface area contributed by atoms with E-state index in [0.717, 1.165) is 17.7 Å². The molecule has 0 spiro atoms. The summed E-state index contributed by atoms with van der Waals surface area (Å²) in [6, 6.07) is 5.16. The second kappa shape index (κ2) is 4.30. The minimum atomic E-state index is -0.108. The molecule has 0 radical (unpaired) electrons. The maximum atomic E-state index is 12.0. The van der Waals surface area contributed by atoms with Crippen molar-refractivity contribution in [3.05, 3.63) is 28.8 Å². The first kappa shape index (κ1) is 11.8. The lowest BCUT2D eigenvalue weighted by atomic mass is 9.78. The van der Waals surface area contributed by atoms with Crippen LogP contribution in [0.25, 0.3) is 0 Å². The molecule has 1 aromatic carbocycles. The summed E-state index contributed by atoms with van der Waals surface area (Å²) >= 11 is 10.2. The molecule has 1 N–H and O–H groups in total. The predicted molar refractivity (Wildman–Crippen MR) is 68.4 cm³/mol. The van der Waals surface area contributed by atoms with Crippen molar-refractivity contribution >= 4 is 30.1 Å². The van der Waals surface area contributed by atoms with Crippen LogP contribution < -0.4 is 5.32 Å². The van der Waals surface area contributed by atoms with Gasteiger partial charge in [-0.15, -0.1) is 12.6 Å². The first-order chi connectivity index (χ1) is 7.50. The molecule has 1 aliphatic carbocycles. The molecule has 16 heavy (non-hydrogen) atoms. The summed E-state index contributed by atoms with van der Waals surface area (Å²) < 4.78 is 0. The molecule has 1 saturated carbocycles. The van der Waals surface area contributed by atoms with Crippen LogP contribution >= 0.6 is 24.2 Å². The largest absolute Gasteiger partial charge is 0.347 e. The fourth-order valence-electron chi connectivity index (χ4n) is 1.86. The standard InChI is InChI=1S/C12H14ClNOS/c1-12(5-2-6-12)14-11(15)9-7-8(16)3-4-10(9)13/h3-4,7,16H,2,5-6H2,1H3,(H,14,15). The molecule has 0 aromatic heterocycles. The van der Waals surface area contributed by atoms with Crippen LogP contribution in [0.15, 0.2) is 23.1 Å². The summed E-state index contributed by atoms with van der Waals surface area (Å²) in [7, 11) is 0. The average molecular weight is 256 g/mol. The van der Waals surface area contributed by atoms with Crippen molar-refractivity contribution in [2.24, 2.45) is 0 Å². The molecule has 1 fully saturated rings. The van der Waals surface area contributed by atoms with Gasteiger partial charge in [0.15, 0.2) is 0 Å². The summed E-state index contributed by atoms with van der Waals surface area (Å²) in [5, 5.41) is 3.49. The van der Waals surface area contributed by atoms with Crippen molar-refractivity contribution in [3.63, 3.8) is 0 Å². The van der Waals surface area contributed by atoms with Gasteiger partial charge in [-0.2, -0.15) is 0 Å². The van der Waals surface area contributed by atoms with E-state index in [1.807, 2.05) is 0 Å². The van der Waals surface area contributed by atoms with Crippen molar-refractivity contribution in [3.8, 4) is 0 Å². The van der Waals surface area contributed by atoms with Gasteiger partial charge in [-0.25, -0.2) is 0 Å². The number of carbonyl (C=O) groups excluding carboxylic acids is 1. The first-order valence-corrected chi connectivity index (χ1v) is 6.14. The van der Waals surface area contributed by atoms with Gasteiger partial charge >= 0.3 is 0 Å². The summed E-state index contributed by atoms with van der Waals surface area (Å²) in [5.41, 5.74) is 0.454. The molecule has 0 atom stereocenters.